The van der Waals surface area contributed by atoms with E-state index in [4.69, 9.17) is 16.3 Å². The maximum atomic E-state index is 13.6. The quantitative estimate of drug-likeness (QED) is 0.712. The van der Waals surface area contributed by atoms with Gasteiger partial charge in [0.15, 0.2) is 0 Å². The van der Waals surface area contributed by atoms with Gasteiger partial charge in [-0.1, -0.05) is 26.8 Å². The van der Waals surface area contributed by atoms with Crippen LogP contribution in [0.5, 0.6) is 11.6 Å². The van der Waals surface area contributed by atoms with Gasteiger partial charge in [-0.05, 0) is 30.2 Å². The lowest BCUT2D eigenvalue weighted by atomic mass is 9.91. The molecular weight excluding hydrogens is 289 g/mol. The molecule has 1 heterocycles. The summed E-state index contributed by atoms with van der Waals surface area (Å²) in [6.45, 7) is 7.93. The summed E-state index contributed by atoms with van der Waals surface area (Å²) in [6, 6.07) is 8.52. The second-order valence-electron chi connectivity index (χ2n) is 6.10. The molecular formula is C17H19ClFNO. The predicted molar refractivity (Wildman–Crippen MR) is 83.7 cm³/mol. The number of pyridine rings is 1. The van der Waals surface area contributed by atoms with Crippen molar-refractivity contribution in [3.63, 3.8) is 0 Å². The molecule has 112 valence electrons. The smallest absolute Gasteiger partial charge is 0.219 e. The van der Waals surface area contributed by atoms with Gasteiger partial charge in [0.1, 0.15) is 11.6 Å². The molecule has 0 fully saturated rings. The van der Waals surface area contributed by atoms with Gasteiger partial charge in [-0.3, -0.25) is 0 Å². The molecule has 0 atom stereocenters. The van der Waals surface area contributed by atoms with Crippen molar-refractivity contribution in [3.8, 4) is 11.6 Å². The van der Waals surface area contributed by atoms with Gasteiger partial charge >= 0.3 is 0 Å². The van der Waals surface area contributed by atoms with Crippen molar-refractivity contribution in [2.75, 3.05) is 0 Å². The van der Waals surface area contributed by atoms with Crippen LogP contribution in [-0.4, -0.2) is 4.98 Å². The van der Waals surface area contributed by atoms with Crippen molar-refractivity contribution in [3.05, 3.63) is 53.0 Å². The van der Waals surface area contributed by atoms with E-state index in [1.165, 1.54) is 6.07 Å². The van der Waals surface area contributed by atoms with E-state index in [0.717, 1.165) is 11.3 Å². The Morgan fingerprint density at radius 2 is 1.90 bits per heavy atom. The molecule has 0 aliphatic carbocycles. The van der Waals surface area contributed by atoms with Crippen LogP contribution in [0.2, 0.25) is 0 Å². The lowest BCUT2D eigenvalue weighted by Crippen LogP contribution is -2.14. The molecule has 21 heavy (non-hydrogen) atoms. The molecule has 0 saturated carbocycles. The molecule has 0 radical (unpaired) electrons. The van der Waals surface area contributed by atoms with Crippen molar-refractivity contribution >= 4 is 11.6 Å². The van der Waals surface area contributed by atoms with Crippen molar-refractivity contribution < 1.29 is 9.13 Å². The minimum atomic E-state index is -0.294. The zero-order valence-electron chi connectivity index (χ0n) is 12.7. The number of benzene rings is 1. The van der Waals surface area contributed by atoms with Crippen LogP contribution in [-0.2, 0) is 11.3 Å². The molecule has 0 saturated heterocycles. The highest BCUT2D eigenvalue weighted by atomic mass is 35.5. The van der Waals surface area contributed by atoms with Gasteiger partial charge in [0, 0.05) is 23.4 Å². The van der Waals surface area contributed by atoms with E-state index >= 15 is 0 Å². The summed E-state index contributed by atoms with van der Waals surface area (Å²) in [5.41, 5.74) is 2.29. The number of aromatic nitrogens is 1. The predicted octanol–water partition coefficient (Wildman–Crippen LogP) is 5.36. The number of hydrogen-bond acceptors (Lipinski definition) is 2. The number of nitrogens with zero attached hydrogens (tertiary/aromatic N) is 1. The summed E-state index contributed by atoms with van der Waals surface area (Å²) in [4.78, 5) is 4.50. The van der Waals surface area contributed by atoms with Gasteiger partial charge in [0.25, 0.3) is 0 Å². The van der Waals surface area contributed by atoms with Gasteiger partial charge in [-0.2, -0.15) is 0 Å². The number of hydrogen-bond donors (Lipinski definition) is 0. The summed E-state index contributed by atoms with van der Waals surface area (Å²) in [6.07, 6.45) is 0. The molecule has 0 spiro atoms. The summed E-state index contributed by atoms with van der Waals surface area (Å²) < 4.78 is 19.3. The van der Waals surface area contributed by atoms with Crippen LogP contribution in [0.15, 0.2) is 30.3 Å². The third-order valence-corrected chi connectivity index (χ3v) is 3.46. The van der Waals surface area contributed by atoms with Gasteiger partial charge < -0.3 is 4.74 Å². The van der Waals surface area contributed by atoms with Crippen molar-refractivity contribution in [2.45, 2.75) is 39.0 Å². The van der Waals surface area contributed by atoms with E-state index in [1.807, 2.05) is 6.07 Å². The van der Waals surface area contributed by atoms with Gasteiger partial charge in [0.2, 0.25) is 5.88 Å². The lowest BCUT2D eigenvalue weighted by Gasteiger charge is -2.19. The Balaban J connectivity index is 2.36. The normalized spacial score (nSPS) is 11.5. The molecule has 4 heteroatoms. The average molecular weight is 308 g/mol. The summed E-state index contributed by atoms with van der Waals surface area (Å²) in [7, 11) is 0. The molecule has 0 amide bonds. The lowest BCUT2D eigenvalue weighted by molar-refractivity contribution is 0.446. The topological polar surface area (TPSA) is 22.1 Å². The molecule has 2 rings (SSSR count). The van der Waals surface area contributed by atoms with Crippen LogP contribution < -0.4 is 4.74 Å². The van der Waals surface area contributed by atoms with Gasteiger partial charge in [0.05, 0.1) is 5.69 Å². The first-order valence-corrected chi connectivity index (χ1v) is 7.34. The van der Waals surface area contributed by atoms with Crippen LogP contribution in [0.3, 0.4) is 0 Å². The maximum Gasteiger partial charge on any atom is 0.219 e. The Morgan fingerprint density at radius 1 is 1.19 bits per heavy atom. The molecule has 2 nitrogen and oxygen atoms in total. The zero-order valence-corrected chi connectivity index (χ0v) is 13.5. The van der Waals surface area contributed by atoms with Gasteiger partial charge in [-0.25, -0.2) is 9.37 Å². The summed E-state index contributed by atoms with van der Waals surface area (Å²) in [5, 5.41) is 0. The third-order valence-electron chi connectivity index (χ3n) is 3.15. The summed E-state index contributed by atoms with van der Waals surface area (Å²) in [5.74, 6) is 0.945. The van der Waals surface area contributed by atoms with E-state index < -0.39 is 0 Å². The first-order valence-electron chi connectivity index (χ1n) is 6.81. The molecule has 1 aromatic carbocycles. The molecule has 0 bridgehead atoms. The monoisotopic (exact) mass is 307 g/mol. The first-order chi connectivity index (χ1) is 9.79. The fourth-order valence-electron chi connectivity index (χ4n) is 1.83. The second-order valence-corrected chi connectivity index (χ2v) is 6.36. The van der Waals surface area contributed by atoms with Crippen molar-refractivity contribution in [2.24, 2.45) is 0 Å². The van der Waals surface area contributed by atoms with Crippen LogP contribution >= 0.6 is 11.6 Å². The van der Waals surface area contributed by atoms with Crippen molar-refractivity contribution in [1.29, 1.82) is 0 Å². The highest BCUT2D eigenvalue weighted by Crippen LogP contribution is 2.28. The minimum Gasteiger partial charge on any atom is -0.439 e. The first kappa shape index (κ1) is 15.8. The number of ether oxygens (including phenoxy) is 1. The number of rotatable bonds is 3. The Bertz CT molecular complexity index is 650. The highest BCUT2D eigenvalue weighted by Gasteiger charge is 2.18. The van der Waals surface area contributed by atoms with E-state index in [0.29, 0.717) is 23.1 Å². The van der Waals surface area contributed by atoms with Crippen LogP contribution in [0, 0.1) is 12.7 Å². The zero-order chi connectivity index (χ0) is 15.6. The van der Waals surface area contributed by atoms with Crippen LogP contribution in [0.25, 0.3) is 0 Å². The fourth-order valence-corrected chi connectivity index (χ4v) is 1.98. The molecule has 0 aliphatic heterocycles. The van der Waals surface area contributed by atoms with E-state index in [9.17, 15) is 4.39 Å². The molecule has 2 aromatic rings. The Labute approximate surface area is 129 Å². The Morgan fingerprint density at radius 3 is 2.48 bits per heavy atom. The van der Waals surface area contributed by atoms with E-state index in [1.54, 1.807) is 25.1 Å². The SMILES string of the molecule is Cc1ccc(Oc2cc(CCl)cc(C(C)(C)C)n2)cc1F. The molecule has 0 unspecified atom stereocenters. The maximum absolute atomic E-state index is 13.6. The molecule has 1 aromatic heterocycles. The average Bonchev–Trinajstić information content (AvgIpc) is 2.41. The molecule has 0 N–H and O–H groups in total. The van der Waals surface area contributed by atoms with Gasteiger partial charge in [-0.15, -0.1) is 11.6 Å². The van der Waals surface area contributed by atoms with Crippen LogP contribution in [0.4, 0.5) is 4.39 Å². The van der Waals surface area contributed by atoms with E-state index in [2.05, 4.69) is 25.8 Å². The highest BCUT2D eigenvalue weighted by molar-refractivity contribution is 6.17. The number of aryl methyl sites for hydroxylation is 1. The Kier molecular flexibility index (Phi) is 4.52. The van der Waals surface area contributed by atoms with Crippen molar-refractivity contribution in [1.82, 2.24) is 4.98 Å². The van der Waals surface area contributed by atoms with E-state index in [-0.39, 0.29) is 11.2 Å². The third kappa shape index (κ3) is 3.94. The number of halogens is 2. The standard InChI is InChI=1S/C17H19ClFNO/c1-11-5-6-13(9-14(11)19)21-16-8-12(10-18)7-15(20-16)17(2,3)4/h5-9H,10H2,1-4H3. The minimum absolute atomic E-state index is 0.112. The summed E-state index contributed by atoms with van der Waals surface area (Å²) >= 11 is 5.93. The fraction of sp³-hybridized carbons (Fsp3) is 0.353. The largest absolute Gasteiger partial charge is 0.439 e. The second kappa shape index (κ2) is 6.02. The molecule has 0 aliphatic rings. The Hall–Kier alpha value is -1.61. The van der Waals surface area contributed by atoms with Crippen LogP contribution in [0.1, 0.15) is 37.6 Å². The number of alkyl halides is 1.